The van der Waals surface area contributed by atoms with Gasteiger partial charge in [-0.05, 0) is 31.5 Å². The van der Waals surface area contributed by atoms with E-state index < -0.39 is 0 Å². The average Bonchev–Trinajstić information content (AvgIpc) is 3.09. The van der Waals surface area contributed by atoms with Gasteiger partial charge in [0.05, 0.1) is 6.54 Å². The SMILES string of the molecule is CNCc1ccccc1N1CCN=C1C1CC1. The summed E-state index contributed by atoms with van der Waals surface area (Å²) >= 11 is 0. The van der Waals surface area contributed by atoms with Crippen molar-refractivity contribution in [1.29, 1.82) is 0 Å². The molecule has 0 saturated heterocycles. The van der Waals surface area contributed by atoms with Gasteiger partial charge in [-0.3, -0.25) is 4.99 Å². The van der Waals surface area contributed by atoms with Crippen molar-refractivity contribution in [3.63, 3.8) is 0 Å². The molecule has 0 spiro atoms. The highest BCUT2D eigenvalue weighted by Gasteiger charge is 2.34. The first kappa shape index (κ1) is 10.8. The Labute approximate surface area is 103 Å². The summed E-state index contributed by atoms with van der Waals surface area (Å²) in [6, 6.07) is 8.65. The van der Waals surface area contributed by atoms with Crippen molar-refractivity contribution in [3.05, 3.63) is 29.8 Å². The molecule has 1 fully saturated rings. The smallest absolute Gasteiger partial charge is 0.107 e. The van der Waals surface area contributed by atoms with E-state index in [0.717, 1.165) is 25.6 Å². The van der Waals surface area contributed by atoms with E-state index in [4.69, 9.17) is 0 Å². The van der Waals surface area contributed by atoms with E-state index in [2.05, 4.69) is 39.5 Å². The second kappa shape index (κ2) is 4.49. The van der Waals surface area contributed by atoms with Gasteiger partial charge < -0.3 is 10.2 Å². The highest BCUT2D eigenvalue weighted by molar-refractivity contribution is 6.02. The van der Waals surface area contributed by atoms with Gasteiger partial charge in [-0.2, -0.15) is 0 Å². The van der Waals surface area contributed by atoms with E-state index in [-0.39, 0.29) is 0 Å². The third-order valence-corrected chi connectivity index (χ3v) is 3.47. The second-order valence-electron chi connectivity index (χ2n) is 4.82. The van der Waals surface area contributed by atoms with Crippen LogP contribution in [-0.2, 0) is 6.54 Å². The van der Waals surface area contributed by atoms with Crippen molar-refractivity contribution < 1.29 is 0 Å². The second-order valence-corrected chi connectivity index (χ2v) is 4.82. The Bertz CT molecular complexity index is 435. The van der Waals surface area contributed by atoms with Gasteiger partial charge in [0.15, 0.2) is 0 Å². The number of aliphatic imine (C=N–C) groups is 1. The Morgan fingerprint density at radius 2 is 2.18 bits per heavy atom. The van der Waals surface area contributed by atoms with Crippen LogP contribution in [0.4, 0.5) is 5.69 Å². The molecule has 1 heterocycles. The highest BCUT2D eigenvalue weighted by atomic mass is 15.3. The molecule has 1 aliphatic heterocycles. The van der Waals surface area contributed by atoms with E-state index in [1.165, 1.54) is 29.9 Å². The molecule has 0 bridgehead atoms. The van der Waals surface area contributed by atoms with Crippen LogP contribution in [0.25, 0.3) is 0 Å². The molecule has 3 rings (SSSR count). The highest BCUT2D eigenvalue weighted by Crippen LogP contribution is 2.36. The number of para-hydroxylation sites is 1. The zero-order valence-electron chi connectivity index (χ0n) is 10.3. The summed E-state index contributed by atoms with van der Waals surface area (Å²) in [5, 5.41) is 3.24. The van der Waals surface area contributed by atoms with Gasteiger partial charge in [-0.15, -0.1) is 0 Å². The lowest BCUT2D eigenvalue weighted by Gasteiger charge is -2.23. The topological polar surface area (TPSA) is 27.6 Å². The minimum atomic E-state index is 0.736. The summed E-state index contributed by atoms with van der Waals surface area (Å²) < 4.78 is 0. The Balaban J connectivity index is 1.90. The van der Waals surface area contributed by atoms with Crippen LogP contribution >= 0.6 is 0 Å². The van der Waals surface area contributed by atoms with E-state index in [0.29, 0.717) is 0 Å². The van der Waals surface area contributed by atoms with Crippen molar-refractivity contribution in [2.75, 3.05) is 25.0 Å². The van der Waals surface area contributed by atoms with Gasteiger partial charge in [0, 0.05) is 24.7 Å². The Kier molecular flexibility index (Phi) is 2.85. The molecular formula is C14H19N3. The van der Waals surface area contributed by atoms with Crippen LogP contribution in [0.2, 0.25) is 0 Å². The third-order valence-electron chi connectivity index (χ3n) is 3.47. The molecule has 1 N–H and O–H groups in total. The van der Waals surface area contributed by atoms with Gasteiger partial charge in [0.1, 0.15) is 5.84 Å². The summed E-state index contributed by atoms with van der Waals surface area (Å²) in [6.07, 6.45) is 2.65. The number of nitrogens with zero attached hydrogens (tertiary/aromatic N) is 2. The minimum absolute atomic E-state index is 0.736. The van der Waals surface area contributed by atoms with Gasteiger partial charge in [0.25, 0.3) is 0 Å². The Hall–Kier alpha value is -1.35. The largest absolute Gasteiger partial charge is 0.328 e. The minimum Gasteiger partial charge on any atom is -0.328 e. The molecule has 1 aromatic rings. The van der Waals surface area contributed by atoms with Crippen LogP contribution in [0, 0.1) is 5.92 Å². The van der Waals surface area contributed by atoms with E-state index >= 15 is 0 Å². The zero-order chi connectivity index (χ0) is 11.7. The predicted molar refractivity (Wildman–Crippen MR) is 71.6 cm³/mol. The van der Waals surface area contributed by atoms with Crippen molar-refractivity contribution in [2.45, 2.75) is 19.4 Å². The lowest BCUT2D eigenvalue weighted by molar-refractivity contribution is 0.814. The molecule has 1 aromatic carbocycles. The maximum atomic E-state index is 4.68. The van der Waals surface area contributed by atoms with Gasteiger partial charge in [-0.25, -0.2) is 0 Å². The van der Waals surface area contributed by atoms with E-state index in [9.17, 15) is 0 Å². The van der Waals surface area contributed by atoms with Crippen LogP contribution in [0.1, 0.15) is 18.4 Å². The molecule has 0 aromatic heterocycles. The number of amidine groups is 1. The molecule has 2 aliphatic rings. The summed E-state index contributed by atoms with van der Waals surface area (Å²) in [5.41, 5.74) is 2.70. The van der Waals surface area contributed by atoms with Gasteiger partial charge in [-0.1, -0.05) is 18.2 Å². The number of hydrogen-bond donors (Lipinski definition) is 1. The fourth-order valence-electron chi connectivity index (χ4n) is 2.51. The van der Waals surface area contributed by atoms with Crippen LogP contribution in [0.3, 0.4) is 0 Å². The molecule has 1 saturated carbocycles. The van der Waals surface area contributed by atoms with Crippen molar-refractivity contribution >= 4 is 11.5 Å². The number of nitrogens with one attached hydrogen (secondary N) is 1. The van der Waals surface area contributed by atoms with Crippen LogP contribution in [-0.4, -0.2) is 26.0 Å². The molecular weight excluding hydrogens is 210 g/mol. The molecule has 0 radical (unpaired) electrons. The molecule has 90 valence electrons. The van der Waals surface area contributed by atoms with Gasteiger partial charge >= 0.3 is 0 Å². The monoisotopic (exact) mass is 229 g/mol. The summed E-state index contributed by atoms with van der Waals surface area (Å²) in [4.78, 5) is 7.10. The standard InChI is InChI=1S/C14H19N3/c1-15-10-12-4-2-3-5-13(12)17-9-8-16-14(17)11-6-7-11/h2-5,11,15H,6-10H2,1H3. The summed E-state index contributed by atoms with van der Waals surface area (Å²) in [5.74, 6) is 2.06. The van der Waals surface area contributed by atoms with Gasteiger partial charge in [0.2, 0.25) is 0 Å². The predicted octanol–water partition coefficient (Wildman–Crippen LogP) is 2.03. The molecule has 17 heavy (non-hydrogen) atoms. The van der Waals surface area contributed by atoms with E-state index in [1.54, 1.807) is 0 Å². The Morgan fingerprint density at radius 1 is 1.35 bits per heavy atom. The third kappa shape index (κ3) is 2.07. The quantitative estimate of drug-likeness (QED) is 0.855. The lowest BCUT2D eigenvalue weighted by Crippen LogP contribution is -2.30. The molecule has 0 atom stereocenters. The molecule has 1 aliphatic carbocycles. The van der Waals surface area contributed by atoms with Crippen molar-refractivity contribution in [1.82, 2.24) is 5.32 Å². The first-order valence-electron chi connectivity index (χ1n) is 6.44. The number of anilines is 1. The average molecular weight is 229 g/mol. The normalized spacial score (nSPS) is 19.6. The fraction of sp³-hybridized carbons (Fsp3) is 0.500. The number of rotatable bonds is 4. The fourth-order valence-corrected chi connectivity index (χ4v) is 2.51. The van der Waals surface area contributed by atoms with E-state index in [1.807, 2.05) is 7.05 Å². The number of benzene rings is 1. The molecule has 0 amide bonds. The maximum Gasteiger partial charge on any atom is 0.107 e. The first-order valence-corrected chi connectivity index (χ1v) is 6.44. The summed E-state index contributed by atoms with van der Waals surface area (Å²) in [6.45, 7) is 2.93. The molecule has 3 heteroatoms. The zero-order valence-corrected chi connectivity index (χ0v) is 10.3. The van der Waals surface area contributed by atoms with Crippen LogP contribution in [0.5, 0.6) is 0 Å². The summed E-state index contributed by atoms with van der Waals surface area (Å²) in [7, 11) is 2.00. The van der Waals surface area contributed by atoms with Crippen LogP contribution in [0.15, 0.2) is 29.3 Å². The molecule has 0 unspecified atom stereocenters. The van der Waals surface area contributed by atoms with Crippen molar-refractivity contribution in [3.8, 4) is 0 Å². The Morgan fingerprint density at radius 3 is 2.94 bits per heavy atom. The molecule has 3 nitrogen and oxygen atoms in total. The number of hydrogen-bond acceptors (Lipinski definition) is 3. The van der Waals surface area contributed by atoms with Crippen molar-refractivity contribution in [2.24, 2.45) is 10.9 Å². The maximum absolute atomic E-state index is 4.68. The van der Waals surface area contributed by atoms with Crippen LogP contribution < -0.4 is 10.2 Å². The lowest BCUT2D eigenvalue weighted by atomic mass is 10.1. The first-order chi connectivity index (χ1) is 8.40.